The molecule has 4 N–H and O–H groups in total. The van der Waals surface area contributed by atoms with Crippen molar-refractivity contribution in [1.82, 2.24) is 20.6 Å². The molecule has 9 nitrogen and oxygen atoms in total. The number of thioether (sulfide) groups is 1. The second-order valence-electron chi connectivity index (χ2n) is 5.71. The minimum Gasteiger partial charge on any atom is -0.462 e. The molecule has 24 heavy (non-hydrogen) atoms. The smallest absolute Gasteiger partial charge is 0.343 e. The fourth-order valence-corrected chi connectivity index (χ4v) is 2.10. The fraction of sp³-hybridized carbons (Fsp3) is 0.500. The van der Waals surface area contributed by atoms with Gasteiger partial charge in [0, 0.05) is 11.7 Å². The summed E-state index contributed by atoms with van der Waals surface area (Å²) in [6, 6.07) is -0.578. The van der Waals surface area contributed by atoms with Gasteiger partial charge in [0.05, 0.1) is 12.4 Å². The number of nitrogens with zero attached hydrogens (tertiary/aromatic N) is 2. The van der Waals surface area contributed by atoms with Crippen molar-refractivity contribution in [2.45, 2.75) is 38.4 Å². The van der Waals surface area contributed by atoms with E-state index >= 15 is 0 Å². The Bertz CT molecular complexity index is 630. The lowest BCUT2D eigenvalue weighted by Gasteiger charge is -2.20. The van der Waals surface area contributed by atoms with Gasteiger partial charge in [0.25, 0.3) is 0 Å². The predicted octanol–water partition coefficient (Wildman–Crippen LogP) is 0.952. The number of carbonyl (C=O) groups excluding carboxylic acids is 3. The lowest BCUT2D eigenvalue weighted by Crippen LogP contribution is -2.48. The molecule has 0 fully saturated rings. The van der Waals surface area contributed by atoms with Crippen LogP contribution in [0, 0.1) is 0 Å². The van der Waals surface area contributed by atoms with E-state index in [9.17, 15) is 14.4 Å². The summed E-state index contributed by atoms with van der Waals surface area (Å²) in [4.78, 5) is 42.7. The van der Waals surface area contributed by atoms with Crippen molar-refractivity contribution in [1.29, 1.82) is 0 Å². The van der Waals surface area contributed by atoms with E-state index in [1.165, 1.54) is 6.20 Å². The highest BCUT2D eigenvalue weighted by atomic mass is 32.2. The predicted molar refractivity (Wildman–Crippen MR) is 89.6 cm³/mol. The maximum Gasteiger partial charge on any atom is 0.343 e. The number of nitrogen functional groups attached to an aromatic ring is 1. The number of hydrogen-bond donors (Lipinski definition) is 3. The highest BCUT2D eigenvalue weighted by Crippen LogP contribution is 2.16. The molecule has 0 aliphatic rings. The topological polar surface area (TPSA) is 136 Å². The number of nitrogens with one attached hydrogen (secondary N) is 2. The molecule has 0 aromatic carbocycles. The Balaban J connectivity index is 2.56. The lowest BCUT2D eigenvalue weighted by molar-refractivity contribution is -0.117. The molecule has 3 amide bonds. The van der Waals surface area contributed by atoms with Gasteiger partial charge >= 0.3 is 12.0 Å². The van der Waals surface area contributed by atoms with Gasteiger partial charge in [-0.25, -0.2) is 19.6 Å². The number of amides is 3. The summed E-state index contributed by atoms with van der Waals surface area (Å²) in [5, 5.41) is 5.02. The van der Waals surface area contributed by atoms with Crippen molar-refractivity contribution in [3.63, 3.8) is 0 Å². The van der Waals surface area contributed by atoms with Gasteiger partial charge in [-0.05, 0) is 27.7 Å². The van der Waals surface area contributed by atoms with E-state index in [1.807, 2.05) is 0 Å². The standard InChI is InChI=1S/C14H21N5O4S/c1-5-23-11(21)8-6-16-13(18-10(8)15)24-7-9(20)17-12(22)19-14(2,3)4/h6H,5,7H2,1-4H3,(H2,15,16,18)(H2,17,19,20,22). The van der Waals surface area contributed by atoms with E-state index in [-0.39, 0.29) is 28.9 Å². The summed E-state index contributed by atoms with van der Waals surface area (Å²) < 4.78 is 4.82. The van der Waals surface area contributed by atoms with Gasteiger partial charge in [0.15, 0.2) is 5.16 Å². The normalized spacial score (nSPS) is 10.8. The first-order chi connectivity index (χ1) is 11.1. The number of nitrogens with two attached hydrogens (primary N) is 1. The highest BCUT2D eigenvalue weighted by Gasteiger charge is 2.17. The van der Waals surface area contributed by atoms with E-state index in [0.717, 1.165) is 11.8 Å². The molecule has 0 radical (unpaired) electrons. The molecule has 1 aromatic rings. The number of esters is 1. The minimum absolute atomic E-state index is 0.0307. The molecule has 0 aliphatic heterocycles. The number of carbonyl (C=O) groups is 3. The van der Waals surface area contributed by atoms with Crippen LogP contribution in [-0.2, 0) is 9.53 Å². The monoisotopic (exact) mass is 355 g/mol. The lowest BCUT2D eigenvalue weighted by atomic mass is 10.1. The molecule has 132 valence electrons. The van der Waals surface area contributed by atoms with E-state index in [0.29, 0.717) is 0 Å². The summed E-state index contributed by atoms with van der Waals surface area (Å²) in [5.41, 5.74) is 5.30. The third kappa shape index (κ3) is 6.82. The molecule has 0 atom stereocenters. The number of hydrogen-bond acceptors (Lipinski definition) is 8. The van der Waals surface area contributed by atoms with Crippen LogP contribution in [-0.4, -0.2) is 45.8 Å². The highest BCUT2D eigenvalue weighted by molar-refractivity contribution is 7.99. The zero-order valence-corrected chi connectivity index (χ0v) is 14.8. The molecule has 0 saturated carbocycles. The van der Waals surface area contributed by atoms with Crippen LogP contribution in [0.4, 0.5) is 10.6 Å². The van der Waals surface area contributed by atoms with E-state index in [2.05, 4.69) is 20.6 Å². The number of imide groups is 1. The molecule has 1 heterocycles. The van der Waals surface area contributed by atoms with Crippen LogP contribution in [0.1, 0.15) is 38.1 Å². The molecule has 0 saturated heterocycles. The summed E-state index contributed by atoms with van der Waals surface area (Å²) in [5.74, 6) is -1.21. The minimum atomic E-state index is -0.608. The Hall–Kier alpha value is -2.36. The molecule has 1 aromatic heterocycles. The molecule has 10 heteroatoms. The van der Waals surface area contributed by atoms with Crippen molar-refractivity contribution in [2.24, 2.45) is 0 Å². The number of rotatable bonds is 5. The van der Waals surface area contributed by atoms with Crippen LogP contribution >= 0.6 is 11.8 Å². The van der Waals surface area contributed by atoms with Gasteiger partial charge in [-0.2, -0.15) is 0 Å². The molecular weight excluding hydrogens is 334 g/mol. The van der Waals surface area contributed by atoms with Crippen LogP contribution in [0.25, 0.3) is 0 Å². The second-order valence-corrected chi connectivity index (χ2v) is 6.66. The van der Waals surface area contributed by atoms with Gasteiger partial charge in [-0.1, -0.05) is 11.8 Å². The van der Waals surface area contributed by atoms with Gasteiger partial charge in [0.1, 0.15) is 11.4 Å². The Morgan fingerprint density at radius 3 is 2.54 bits per heavy atom. The molecular formula is C14H21N5O4S. The van der Waals surface area contributed by atoms with E-state index in [4.69, 9.17) is 10.5 Å². The van der Waals surface area contributed by atoms with Crippen molar-refractivity contribution in [3.8, 4) is 0 Å². The van der Waals surface area contributed by atoms with Crippen molar-refractivity contribution in [3.05, 3.63) is 11.8 Å². The fourth-order valence-electron chi connectivity index (χ4n) is 1.48. The zero-order valence-electron chi connectivity index (χ0n) is 14.0. The second kappa shape index (κ2) is 8.48. The first-order valence-electron chi connectivity index (χ1n) is 7.17. The van der Waals surface area contributed by atoms with Crippen molar-refractivity contribution < 1.29 is 19.1 Å². The van der Waals surface area contributed by atoms with Crippen LogP contribution < -0.4 is 16.4 Å². The van der Waals surface area contributed by atoms with Crippen molar-refractivity contribution >= 4 is 35.5 Å². The SMILES string of the molecule is CCOC(=O)c1cnc(SCC(=O)NC(=O)NC(C)(C)C)nc1N. The van der Waals surface area contributed by atoms with Gasteiger partial charge in [-0.15, -0.1) is 0 Å². The molecule has 0 spiro atoms. The third-order valence-corrected chi connectivity index (χ3v) is 3.23. The molecule has 0 bridgehead atoms. The number of anilines is 1. The average Bonchev–Trinajstić information content (AvgIpc) is 2.43. The maximum absolute atomic E-state index is 11.7. The Morgan fingerprint density at radius 1 is 1.33 bits per heavy atom. The zero-order chi connectivity index (χ0) is 18.3. The first kappa shape index (κ1) is 19.7. The molecule has 1 rings (SSSR count). The van der Waals surface area contributed by atoms with E-state index < -0.39 is 23.4 Å². The quantitative estimate of drug-likeness (QED) is 0.403. The maximum atomic E-state index is 11.7. The van der Waals surface area contributed by atoms with E-state index in [1.54, 1.807) is 27.7 Å². The largest absolute Gasteiger partial charge is 0.462 e. The molecule has 0 aliphatic carbocycles. The summed E-state index contributed by atoms with van der Waals surface area (Å²) in [6.07, 6.45) is 1.24. The first-order valence-corrected chi connectivity index (χ1v) is 8.15. The van der Waals surface area contributed by atoms with Gasteiger partial charge in [0.2, 0.25) is 5.91 Å². The van der Waals surface area contributed by atoms with Crippen LogP contribution in [0.3, 0.4) is 0 Å². The summed E-state index contributed by atoms with van der Waals surface area (Å²) in [7, 11) is 0. The number of ether oxygens (including phenoxy) is 1. The van der Waals surface area contributed by atoms with Crippen LogP contribution in [0.15, 0.2) is 11.4 Å². The van der Waals surface area contributed by atoms with Crippen LogP contribution in [0.5, 0.6) is 0 Å². The van der Waals surface area contributed by atoms with Crippen molar-refractivity contribution in [2.75, 3.05) is 18.1 Å². The van der Waals surface area contributed by atoms with Gasteiger partial charge < -0.3 is 15.8 Å². The average molecular weight is 355 g/mol. The summed E-state index contributed by atoms with van der Waals surface area (Å²) >= 11 is 0.990. The Morgan fingerprint density at radius 2 is 2.00 bits per heavy atom. The Kier molecular flexibility index (Phi) is 6.96. The number of aromatic nitrogens is 2. The van der Waals surface area contributed by atoms with Gasteiger partial charge in [-0.3, -0.25) is 10.1 Å². The number of urea groups is 1. The third-order valence-electron chi connectivity index (χ3n) is 2.37. The van der Waals surface area contributed by atoms with Crippen LogP contribution in [0.2, 0.25) is 0 Å². The summed E-state index contributed by atoms with van der Waals surface area (Å²) in [6.45, 7) is 7.29. The Labute approximate surface area is 144 Å². The molecule has 0 unspecified atom stereocenters.